The molecule has 8 aromatic carbocycles. The van der Waals surface area contributed by atoms with Crippen molar-refractivity contribution >= 4 is 48.5 Å². The summed E-state index contributed by atoms with van der Waals surface area (Å²) in [5.41, 5.74) is 9.74. The predicted octanol–water partition coefficient (Wildman–Crippen LogP) is 7.54. The number of hydrogen-bond donors (Lipinski definition) is 0. The van der Waals surface area contributed by atoms with Crippen LogP contribution in [0.1, 0.15) is 43.4 Å². The average molecular weight is 787 g/mol. The van der Waals surface area contributed by atoms with Gasteiger partial charge < -0.3 is 24.8 Å². The molecule has 50 heavy (non-hydrogen) atoms. The fourth-order valence-electron chi connectivity index (χ4n) is 6.79. The number of aryl methyl sites for hydroxylation is 2. The van der Waals surface area contributed by atoms with Crippen LogP contribution in [0.15, 0.2) is 140 Å². The largest absolute Gasteiger partial charge is 1.00 e. The van der Waals surface area contributed by atoms with Crippen molar-refractivity contribution in [3.05, 3.63) is 156 Å². The minimum atomic E-state index is 0. The maximum absolute atomic E-state index is 2.36. The van der Waals surface area contributed by atoms with Gasteiger partial charge in [0.1, 0.15) is 0 Å². The zero-order valence-corrected chi connectivity index (χ0v) is 34.8. The van der Waals surface area contributed by atoms with Gasteiger partial charge in [0, 0.05) is 0 Å². The smallest absolute Gasteiger partial charge is 1.00 e. The Morgan fingerprint density at radius 2 is 1.06 bits per heavy atom. The van der Waals surface area contributed by atoms with Crippen LogP contribution >= 0.6 is 0 Å². The minimum absolute atomic E-state index is 0. The monoisotopic (exact) mass is 784 g/mol. The Morgan fingerprint density at radius 1 is 0.580 bits per heavy atom. The molecule has 0 aromatic heterocycles. The van der Waals surface area contributed by atoms with E-state index in [2.05, 4.69) is 180 Å². The second kappa shape index (κ2) is 17.8. The molecule has 0 spiro atoms. The molecule has 0 heterocycles. The molecule has 8 aromatic rings. The quantitative estimate of drug-likeness (QED) is 0.128. The third-order valence-electron chi connectivity index (χ3n) is 9.10. The molecule has 0 atom stereocenters. The normalized spacial score (nSPS) is 10.7. The minimum Gasteiger partial charge on any atom is -1.00 e. The van der Waals surface area contributed by atoms with Crippen LogP contribution in [0.2, 0.25) is 13.1 Å². The molecule has 0 bridgehead atoms. The molecule has 252 valence electrons. The van der Waals surface area contributed by atoms with Gasteiger partial charge in [0.25, 0.3) is 0 Å². The molecular weight excluding hydrogens is 743 g/mol. The van der Waals surface area contributed by atoms with Crippen LogP contribution in [-0.2, 0) is 29.8 Å². The van der Waals surface area contributed by atoms with Crippen molar-refractivity contribution in [3.63, 3.8) is 0 Å². The second-order valence-corrected chi connectivity index (χ2v) is 22.7. The van der Waals surface area contributed by atoms with Crippen LogP contribution in [0.3, 0.4) is 0 Å². The van der Waals surface area contributed by atoms with Crippen LogP contribution in [0.5, 0.6) is 0 Å². The summed E-state index contributed by atoms with van der Waals surface area (Å²) >= 11 is 1.74. The van der Waals surface area contributed by atoms with Crippen molar-refractivity contribution in [1.82, 2.24) is 0 Å². The van der Waals surface area contributed by atoms with Crippen molar-refractivity contribution in [3.8, 4) is 22.3 Å². The average Bonchev–Trinajstić information content (AvgIpc) is 3.71. The molecule has 8 rings (SSSR count). The molecule has 0 unspecified atom stereocenters. The fourth-order valence-corrected chi connectivity index (χ4v) is 6.79. The summed E-state index contributed by atoms with van der Waals surface area (Å²) in [6, 6.07) is 51.0. The number of halogens is 2. The Bertz CT molecular complexity index is 2360. The Balaban J connectivity index is 0.000000196. The van der Waals surface area contributed by atoms with Gasteiger partial charge in [0.2, 0.25) is 0 Å². The number of fused-ring (bicyclic) bond motifs is 4. The summed E-state index contributed by atoms with van der Waals surface area (Å²) in [6.07, 6.45) is 1.08. The fraction of sp³-hybridized carbons (Fsp3) is 0.174. The molecule has 0 saturated carbocycles. The second-order valence-electron chi connectivity index (χ2n) is 13.3. The van der Waals surface area contributed by atoms with Crippen molar-refractivity contribution in [2.24, 2.45) is 0 Å². The van der Waals surface area contributed by atoms with E-state index in [1.165, 1.54) is 82.0 Å². The van der Waals surface area contributed by atoms with Crippen LogP contribution in [0, 0.1) is 6.92 Å². The Labute approximate surface area is 325 Å². The van der Waals surface area contributed by atoms with E-state index in [0.717, 1.165) is 6.42 Å². The van der Waals surface area contributed by atoms with E-state index >= 15 is 0 Å². The maximum atomic E-state index is 2.36. The van der Waals surface area contributed by atoms with Gasteiger partial charge in [0.05, 0.1) is 0 Å². The molecule has 0 nitrogen and oxygen atoms in total. The Hall–Kier alpha value is -3.26. The molecule has 0 radical (unpaired) electrons. The van der Waals surface area contributed by atoms with E-state index < -0.39 is 0 Å². The summed E-state index contributed by atoms with van der Waals surface area (Å²) < 4.78 is 0. The molecule has 0 N–H and O–H groups in total. The van der Waals surface area contributed by atoms with Gasteiger partial charge in [-0.05, 0) is 38.6 Å². The zero-order valence-electron chi connectivity index (χ0n) is 29.8. The van der Waals surface area contributed by atoms with E-state index in [-0.39, 0.29) is 30.2 Å². The summed E-state index contributed by atoms with van der Waals surface area (Å²) in [5, 5.41) is 10.7. The van der Waals surface area contributed by atoms with Crippen LogP contribution in [-0.4, -0.2) is 5.43 Å². The van der Waals surface area contributed by atoms with Gasteiger partial charge in [0.15, 0.2) is 0 Å². The SMILES string of the molecule is CC(C)c1cc2c(-c3cccc4ccccc34)cccc2[cH-]1.CCc1ccc(-c2cccc3ccccc23)c2cc(C)[cH-]c12.C[Si](C)=[Zr+2].[Cl-].[Cl-]. The van der Waals surface area contributed by atoms with E-state index in [1.807, 2.05) is 0 Å². The molecule has 0 aliphatic rings. The van der Waals surface area contributed by atoms with E-state index in [9.17, 15) is 0 Å². The Kier molecular flexibility index (Phi) is 14.1. The number of rotatable bonds is 4. The van der Waals surface area contributed by atoms with Gasteiger partial charge in [-0.3, -0.25) is 0 Å². The van der Waals surface area contributed by atoms with Crippen molar-refractivity contribution < 1.29 is 48.1 Å². The molecule has 0 amide bonds. The molecule has 4 heteroatoms. The van der Waals surface area contributed by atoms with Crippen LogP contribution in [0.25, 0.3) is 65.3 Å². The first-order valence-corrected chi connectivity index (χ1v) is 23.3. The van der Waals surface area contributed by atoms with E-state index in [1.54, 1.807) is 23.3 Å². The Morgan fingerprint density at radius 3 is 1.60 bits per heavy atom. The molecular formula is C46H44Cl2SiZr-2. The van der Waals surface area contributed by atoms with Crippen LogP contribution in [0.4, 0.5) is 0 Å². The molecule has 0 aliphatic carbocycles. The number of benzene rings is 6. The van der Waals surface area contributed by atoms with Gasteiger partial charge >= 0.3 is 41.9 Å². The number of hydrogen-bond acceptors (Lipinski definition) is 0. The molecule has 0 saturated heterocycles. The third kappa shape index (κ3) is 8.60. The maximum Gasteiger partial charge on any atom is -1.00 e. The summed E-state index contributed by atoms with van der Waals surface area (Å²) in [4.78, 5) is 0. The zero-order chi connectivity index (χ0) is 33.8. The third-order valence-corrected chi connectivity index (χ3v) is 9.10. The van der Waals surface area contributed by atoms with Gasteiger partial charge in [-0.1, -0.05) is 142 Å². The summed E-state index contributed by atoms with van der Waals surface area (Å²) in [5.74, 6) is 0.563. The van der Waals surface area contributed by atoms with Gasteiger partial charge in [-0.15, -0.1) is 68.6 Å². The van der Waals surface area contributed by atoms with Gasteiger partial charge in [-0.25, -0.2) is 0 Å². The van der Waals surface area contributed by atoms with E-state index in [0.29, 0.717) is 5.92 Å². The first-order valence-electron chi connectivity index (χ1n) is 17.1. The standard InChI is InChI=1S/2C22H19.C2H6Si.2ClH.Zr/c1-15(2)18-13-17-9-6-12-21(22(17)14-18)20-11-5-8-16-7-3-4-10-19(16)20;1-3-16-11-12-20(22-14-15(2)13-21(16)22)19-10-6-8-17-7-4-5-9-18(17)19;1-3-2;;;/h3-15H,1-2H3;4-14H,3H2,1-2H3;1-2H3;2*1H;/q2*-1;;;;+2/p-2. The molecule has 0 fully saturated rings. The van der Waals surface area contributed by atoms with Crippen molar-refractivity contribution in [1.29, 1.82) is 0 Å². The molecule has 0 aliphatic heterocycles. The first kappa shape index (κ1) is 39.5. The van der Waals surface area contributed by atoms with E-state index in [4.69, 9.17) is 0 Å². The first-order chi connectivity index (χ1) is 23.2. The van der Waals surface area contributed by atoms with Crippen molar-refractivity contribution in [2.45, 2.75) is 53.1 Å². The predicted molar refractivity (Wildman–Crippen MR) is 211 cm³/mol. The topological polar surface area (TPSA) is 0 Å². The van der Waals surface area contributed by atoms with Crippen LogP contribution < -0.4 is 24.8 Å². The summed E-state index contributed by atoms with van der Waals surface area (Å²) in [7, 11) is 0. The summed E-state index contributed by atoms with van der Waals surface area (Å²) in [6.45, 7) is 13.5. The van der Waals surface area contributed by atoms with Gasteiger partial charge in [-0.2, -0.15) is 12.1 Å². The van der Waals surface area contributed by atoms with Crippen molar-refractivity contribution in [2.75, 3.05) is 0 Å².